The van der Waals surface area contributed by atoms with Gasteiger partial charge in [-0.2, -0.15) is 0 Å². The average molecular weight is 230 g/mol. The Balaban J connectivity index is 2.05. The summed E-state index contributed by atoms with van der Waals surface area (Å²) in [6, 6.07) is 2.19. The highest BCUT2D eigenvalue weighted by molar-refractivity contribution is 5.48. The molecule has 0 aliphatic carbocycles. The third kappa shape index (κ3) is 1.82. The van der Waals surface area contributed by atoms with Crippen molar-refractivity contribution in [3.8, 4) is 0 Å². The molecule has 4 heteroatoms. The van der Waals surface area contributed by atoms with Crippen LogP contribution in [0.5, 0.6) is 0 Å². The molecule has 3 rings (SSSR count). The van der Waals surface area contributed by atoms with E-state index in [9.17, 15) is 0 Å². The van der Waals surface area contributed by atoms with Crippen LogP contribution in [0.25, 0.3) is 5.52 Å². The molecule has 0 amide bonds. The quantitative estimate of drug-likeness (QED) is 0.812. The van der Waals surface area contributed by atoms with Crippen LogP contribution in [-0.2, 0) is 0 Å². The lowest BCUT2D eigenvalue weighted by Gasteiger charge is -2.22. The van der Waals surface area contributed by atoms with E-state index in [4.69, 9.17) is 4.98 Å². The van der Waals surface area contributed by atoms with E-state index in [1.54, 1.807) is 0 Å². The van der Waals surface area contributed by atoms with E-state index >= 15 is 0 Å². The van der Waals surface area contributed by atoms with Gasteiger partial charge in [0, 0.05) is 18.2 Å². The predicted octanol–water partition coefficient (Wildman–Crippen LogP) is 1.81. The molecule has 1 N–H and O–H groups in total. The molecule has 0 bridgehead atoms. The van der Waals surface area contributed by atoms with Gasteiger partial charge < -0.3 is 5.32 Å². The molecule has 2 aromatic rings. The van der Waals surface area contributed by atoms with Crippen molar-refractivity contribution in [3.05, 3.63) is 29.6 Å². The number of aromatic nitrogens is 3. The standard InChI is InChI=1S/C13H18N4/c1-9-15-8-12-6-13(16-10(2)17(9)12)11-4-3-5-14-7-11/h6,8,11,14H,3-5,7H2,1-2H3. The van der Waals surface area contributed by atoms with Crippen LogP contribution in [0.4, 0.5) is 0 Å². The molecule has 1 unspecified atom stereocenters. The first kappa shape index (κ1) is 10.7. The van der Waals surface area contributed by atoms with E-state index in [1.807, 2.05) is 13.1 Å². The molecule has 0 spiro atoms. The Labute approximate surface area is 101 Å². The fourth-order valence-electron chi connectivity index (χ4n) is 2.72. The summed E-state index contributed by atoms with van der Waals surface area (Å²) in [5, 5.41) is 3.44. The predicted molar refractivity (Wildman–Crippen MR) is 67.3 cm³/mol. The van der Waals surface area contributed by atoms with Crippen molar-refractivity contribution >= 4 is 5.52 Å². The van der Waals surface area contributed by atoms with Gasteiger partial charge in [-0.3, -0.25) is 4.40 Å². The van der Waals surface area contributed by atoms with Crippen LogP contribution in [-0.4, -0.2) is 27.5 Å². The SMILES string of the molecule is Cc1ncc2cc(C3CCCNC3)nc(C)n12. The van der Waals surface area contributed by atoms with Crippen LogP contribution in [0.3, 0.4) is 0 Å². The van der Waals surface area contributed by atoms with Crippen molar-refractivity contribution < 1.29 is 0 Å². The summed E-state index contributed by atoms with van der Waals surface area (Å²) in [7, 11) is 0. The molecular formula is C13H18N4. The van der Waals surface area contributed by atoms with Gasteiger partial charge in [0.05, 0.1) is 11.7 Å². The van der Waals surface area contributed by atoms with Gasteiger partial charge in [-0.15, -0.1) is 0 Å². The van der Waals surface area contributed by atoms with Crippen molar-refractivity contribution in [3.63, 3.8) is 0 Å². The first-order valence-corrected chi connectivity index (χ1v) is 6.28. The number of hydrogen-bond acceptors (Lipinski definition) is 3. The first-order chi connectivity index (χ1) is 8.25. The molecule has 4 nitrogen and oxygen atoms in total. The Bertz CT molecular complexity index is 538. The number of fused-ring (bicyclic) bond motifs is 1. The number of rotatable bonds is 1. The molecule has 0 radical (unpaired) electrons. The van der Waals surface area contributed by atoms with Gasteiger partial charge in [-0.05, 0) is 39.3 Å². The van der Waals surface area contributed by atoms with Crippen LogP contribution in [0.2, 0.25) is 0 Å². The maximum atomic E-state index is 4.74. The topological polar surface area (TPSA) is 42.2 Å². The van der Waals surface area contributed by atoms with Gasteiger partial charge in [0.25, 0.3) is 0 Å². The summed E-state index contributed by atoms with van der Waals surface area (Å²) in [6.45, 7) is 6.27. The second-order valence-corrected chi connectivity index (χ2v) is 4.84. The molecule has 1 atom stereocenters. The van der Waals surface area contributed by atoms with Crippen molar-refractivity contribution in [2.45, 2.75) is 32.6 Å². The highest BCUT2D eigenvalue weighted by Crippen LogP contribution is 2.23. The largest absolute Gasteiger partial charge is 0.316 e. The average Bonchev–Trinajstić information content (AvgIpc) is 2.73. The number of imidazole rings is 1. The number of nitrogens with zero attached hydrogens (tertiary/aromatic N) is 3. The van der Waals surface area contributed by atoms with Crippen molar-refractivity contribution in [2.24, 2.45) is 0 Å². The molecule has 3 heterocycles. The van der Waals surface area contributed by atoms with Crippen LogP contribution in [0, 0.1) is 13.8 Å². The summed E-state index contributed by atoms with van der Waals surface area (Å²) in [4.78, 5) is 9.09. The van der Waals surface area contributed by atoms with E-state index in [0.717, 1.165) is 30.3 Å². The van der Waals surface area contributed by atoms with Crippen molar-refractivity contribution in [1.29, 1.82) is 0 Å². The Morgan fingerprint density at radius 2 is 2.24 bits per heavy atom. The molecule has 2 aromatic heterocycles. The molecular weight excluding hydrogens is 212 g/mol. The molecule has 17 heavy (non-hydrogen) atoms. The Morgan fingerprint density at radius 3 is 3.00 bits per heavy atom. The van der Waals surface area contributed by atoms with Gasteiger partial charge in [0.15, 0.2) is 0 Å². The summed E-state index contributed by atoms with van der Waals surface area (Å²) >= 11 is 0. The number of nitrogens with one attached hydrogen (secondary N) is 1. The number of aryl methyl sites for hydroxylation is 2. The van der Waals surface area contributed by atoms with E-state index in [-0.39, 0.29) is 0 Å². The van der Waals surface area contributed by atoms with Crippen molar-refractivity contribution in [1.82, 2.24) is 19.7 Å². The molecule has 1 aliphatic heterocycles. The van der Waals surface area contributed by atoms with E-state index in [2.05, 4.69) is 27.7 Å². The third-order valence-corrected chi connectivity index (χ3v) is 3.59. The van der Waals surface area contributed by atoms with Gasteiger partial charge in [0.2, 0.25) is 0 Å². The number of piperidine rings is 1. The van der Waals surface area contributed by atoms with Gasteiger partial charge >= 0.3 is 0 Å². The summed E-state index contributed by atoms with van der Waals surface area (Å²) in [5.41, 5.74) is 2.37. The smallest absolute Gasteiger partial charge is 0.111 e. The molecule has 1 saturated heterocycles. The van der Waals surface area contributed by atoms with Gasteiger partial charge in [-0.25, -0.2) is 9.97 Å². The lowest BCUT2D eigenvalue weighted by Crippen LogP contribution is -2.29. The zero-order valence-corrected chi connectivity index (χ0v) is 10.4. The minimum absolute atomic E-state index is 0.558. The van der Waals surface area contributed by atoms with E-state index in [1.165, 1.54) is 18.5 Å². The molecule has 1 fully saturated rings. The molecule has 0 aromatic carbocycles. The lowest BCUT2D eigenvalue weighted by atomic mass is 9.96. The maximum Gasteiger partial charge on any atom is 0.111 e. The lowest BCUT2D eigenvalue weighted by molar-refractivity contribution is 0.453. The minimum atomic E-state index is 0.558. The van der Waals surface area contributed by atoms with E-state index in [0.29, 0.717) is 5.92 Å². The highest BCUT2D eigenvalue weighted by atomic mass is 15.1. The Kier molecular flexibility index (Phi) is 2.59. The summed E-state index contributed by atoms with van der Waals surface area (Å²) in [5.74, 6) is 2.61. The van der Waals surface area contributed by atoms with Crippen LogP contribution >= 0.6 is 0 Å². The van der Waals surface area contributed by atoms with Gasteiger partial charge in [0.1, 0.15) is 11.6 Å². The highest BCUT2D eigenvalue weighted by Gasteiger charge is 2.18. The van der Waals surface area contributed by atoms with E-state index < -0.39 is 0 Å². The molecule has 0 saturated carbocycles. The molecule has 90 valence electrons. The second kappa shape index (κ2) is 4.11. The van der Waals surface area contributed by atoms with Crippen molar-refractivity contribution in [2.75, 3.05) is 13.1 Å². The Hall–Kier alpha value is -1.42. The second-order valence-electron chi connectivity index (χ2n) is 4.84. The zero-order chi connectivity index (χ0) is 11.8. The number of hydrogen-bond donors (Lipinski definition) is 1. The Morgan fingerprint density at radius 1 is 1.35 bits per heavy atom. The zero-order valence-electron chi connectivity index (χ0n) is 10.4. The van der Waals surface area contributed by atoms with Crippen LogP contribution in [0.1, 0.15) is 36.1 Å². The first-order valence-electron chi connectivity index (χ1n) is 6.28. The molecule has 1 aliphatic rings. The summed E-state index contributed by atoms with van der Waals surface area (Å²) in [6.07, 6.45) is 4.42. The fourth-order valence-corrected chi connectivity index (χ4v) is 2.72. The normalized spacial score (nSPS) is 20.9. The van der Waals surface area contributed by atoms with Crippen LogP contribution < -0.4 is 5.32 Å². The maximum absolute atomic E-state index is 4.74. The minimum Gasteiger partial charge on any atom is -0.316 e. The summed E-state index contributed by atoms with van der Waals surface area (Å²) < 4.78 is 2.11. The van der Waals surface area contributed by atoms with Gasteiger partial charge in [-0.1, -0.05) is 0 Å². The van der Waals surface area contributed by atoms with Crippen LogP contribution in [0.15, 0.2) is 12.3 Å². The monoisotopic (exact) mass is 230 g/mol. The third-order valence-electron chi connectivity index (χ3n) is 3.59. The fraction of sp³-hybridized carbons (Fsp3) is 0.538.